The lowest BCUT2D eigenvalue weighted by molar-refractivity contribution is 0.152. The third-order valence-corrected chi connectivity index (χ3v) is 3.10. The summed E-state index contributed by atoms with van der Waals surface area (Å²) in [5.41, 5.74) is 1.13. The molecule has 0 spiro atoms. The summed E-state index contributed by atoms with van der Waals surface area (Å²) in [6.45, 7) is 10.5. The Morgan fingerprint density at radius 1 is 1.22 bits per heavy atom. The van der Waals surface area contributed by atoms with E-state index in [2.05, 4.69) is 34.0 Å². The second-order valence-corrected chi connectivity index (χ2v) is 4.55. The molecule has 0 bridgehead atoms. The zero-order chi connectivity index (χ0) is 13.0. The Hall–Kier alpha value is -1.36. The number of rotatable bonds is 3. The molecule has 1 aromatic rings. The molecule has 1 aliphatic rings. The van der Waals surface area contributed by atoms with Gasteiger partial charge in [-0.15, -0.1) is 0 Å². The Bertz CT molecular complexity index is 400. The average Bonchev–Trinajstić information content (AvgIpc) is 2.62. The van der Waals surface area contributed by atoms with E-state index >= 15 is 0 Å². The molecule has 5 heteroatoms. The summed E-state index contributed by atoms with van der Waals surface area (Å²) >= 11 is 0. The number of ether oxygens (including phenoxy) is 1. The van der Waals surface area contributed by atoms with Crippen LogP contribution in [-0.4, -0.2) is 42.8 Å². The van der Waals surface area contributed by atoms with Gasteiger partial charge < -0.3 is 15.0 Å². The van der Waals surface area contributed by atoms with E-state index < -0.39 is 0 Å². The second-order valence-electron chi connectivity index (χ2n) is 4.55. The molecule has 1 aromatic heterocycles. The van der Waals surface area contributed by atoms with Gasteiger partial charge in [-0.25, -0.2) is 9.97 Å². The van der Waals surface area contributed by atoms with Gasteiger partial charge in [0.2, 0.25) is 0 Å². The summed E-state index contributed by atoms with van der Waals surface area (Å²) in [5, 5.41) is 3.30. The molecular weight excluding hydrogens is 228 g/mol. The van der Waals surface area contributed by atoms with E-state index in [0.717, 1.165) is 62.3 Å². The van der Waals surface area contributed by atoms with Crippen molar-refractivity contribution in [3.63, 3.8) is 0 Å². The lowest BCUT2D eigenvalue weighted by Crippen LogP contribution is -2.28. The fraction of sp³-hybridized carbons (Fsp3) is 0.692. The van der Waals surface area contributed by atoms with Crippen molar-refractivity contribution >= 4 is 11.6 Å². The van der Waals surface area contributed by atoms with Crippen molar-refractivity contribution in [1.82, 2.24) is 9.97 Å². The number of hydrogen-bond donors (Lipinski definition) is 1. The standard InChI is InChI=1S/C13H22N4O/c1-4-14-12-10(2)13(16-11(3)15-12)17-6-5-8-18-9-7-17/h4-9H2,1-3H3,(H,14,15,16). The minimum absolute atomic E-state index is 0.777. The van der Waals surface area contributed by atoms with Crippen molar-refractivity contribution < 1.29 is 4.74 Å². The summed E-state index contributed by atoms with van der Waals surface area (Å²) in [4.78, 5) is 11.4. The van der Waals surface area contributed by atoms with Gasteiger partial charge in [-0.2, -0.15) is 0 Å². The van der Waals surface area contributed by atoms with E-state index in [4.69, 9.17) is 4.74 Å². The molecule has 2 heterocycles. The first-order valence-electron chi connectivity index (χ1n) is 6.64. The maximum absolute atomic E-state index is 5.49. The van der Waals surface area contributed by atoms with Crippen molar-refractivity contribution in [2.24, 2.45) is 0 Å². The van der Waals surface area contributed by atoms with Crippen molar-refractivity contribution in [3.05, 3.63) is 11.4 Å². The topological polar surface area (TPSA) is 50.3 Å². The first-order chi connectivity index (χ1) is 8.72. The van der Waals surface area contributed by atoms with Crippen LogP contribution in [0.2, 0.25) is 0 Å². The van der Waals surface area contributed by atoms with Crippen LogP contribution in [0.15, 0.2) is 0 Å². The number of aryl methyl sites for hydroxylation is 1. The van der Waals surface area contributed by atoms with Crippen LogP contribution < -0.4 is 10.2 Å². The highest BCUT2D eigenvalue weighted by Crippen LogP contribution is 2.24. The normalized spacial score (nSPS) is 16.5. The van der Waals surface area contributed by atoms with Crippen molar-refractivity contribution in [1.29, 1.82) is 0 Å². The Kier molecular flexibility index (Phi) is 4.36. The quantitative estimate of drug-likeness (QED) is 0.885. The van der Waals surface area contributed by atoms with Crippen molar-refractivity contribution in [2.75, 3.05) is 43.1 Å². The Balaban J connectivity index is 2.30. The molecule has 100 valence electrons. The molecule has 0 radical (unpaired) electrons. The Morgan fingerprint density at radius 3 is 2.83 bits per heavy atom. The summed E-state index contributed by atoms with van der Waals surface area (Å²) in [6, 6.07) is 0. The highest BCUT2D eigenvalue weighted by atomic mass is 16.5. The molecule has 0 aliphatic carbocycles. The second kappa shape index (κ2) is 6.00. The van der Waals surface area contributed by atoms with Gasteiger partial charge in [0.05, 0.1) is 6.61 Å². The molecule has 5 nitrogen and oxygen atoms in total. The Labute approximate surface area is 109 Å². The predicted octanol–water partition coefficient (Wildman–Crippen LogP) is 1.75. The number of aromatic nitrogens is 2. The zero-order valence-electron chi connectivity index (χ0n) is 11.5. The van der Waals surface area contributed by atoms with E-state index in [1.807, 2.05) is 6.92 Å². The van der Waals surface area contributed by atoms with Crippen LogP contribution in [0.5, 0.6) is 0 Å². The molecule has 18 heavy (non-hydrogen) atoms. The highest BCUT2D eigenvalue weighted by Gasteiger charge is 2.16. The first kappa shape index (κ1) is 13.1. The predicted molar refractivity (Wildman–Crippen MR) is 73.3 cm³/mol. The van der Waals surface area contributed by atoms with Gasteiger partial charge in [0.1, 0.15) is 17.5 Å². The number of nitrogens with zero attached hydrogens (tertiary/aromatic N) is 3. The molecule has 0 amide bonds. The van der Waals surface area contributed by atoms with Crippen LogP contribution in [0.1, 0.15) is 24.7 Å². The number of nitrogens with one attached hydrogen (secondary N) is 1. The monoisotopic (exact) mass is 250 g/mol. The van der Waals surface area contributed by atoms with Crippen LogP contribution in [0, 0.1) is 13.8 Å². The van der Waals surface area contributed by atoms with Crippen LogP contribution >= 0.6 is 0 Å². The van der Waals surface area contributed by atoms with E-state index in [-0.39, 0.29) is 0 Å². The molecule has 2 rings (SSSR count). The molecule has 0 saturated carbocycles. The van der Waals surface area contributed by atoms with Crippen molar-refractivity contribution in [2.45, 2.75) is 27.2 Å². The maximum atomic E-state index is 5.49. The zero-order valence-corrected chi connectivity index (χ0v) is 11.5. The Morgan fingerprint density at radius 2 is 2.06 bits per heavy atom. The fourth-order valence-corrected chi connectivity index (χ4v) is 2.22. The molecule has 1 N–H and O–H groups in total. The van der Waals surface area contributed by atoms with Gasteiger partial charge in [0, 0.05) is 31.8 Å². The minimum atomic E-state index is 0.777. The summed E-state index contributed by atoms with van der Waals surface area (Å²) in [7, 11) is 0. The van der Waals surface area contributed by atoms with Gasteiger partial charge in [0.25, 0.3) is 0 Å². The van der Waals surface area contributed by atoms with Gasteiger partial charge in [-0.05, 0) is 27.2 Å². The molecule has 1 saturated heterocycles. The molecule has 0 aromatic carbocycles. The first-order valence-corrected chi connectivity index (χ1v) is 6.64. The lowest BCUT2D eigenvalue weighted by atomic mass is 10.2. The highest BCUT2D eigenvalue weighted by molar-refractivity contribution is 5.58. The summed E-state index contributed by atoms with van der Waals surface area (Å²) in [5.74, 6) is 2.81. The van der Waals surface area contributed by atoms with E-state index in [1.165, 1.54) is 0 Å². The van der Waals surface area contributed by atoms with Crippen molar-refractivity contribution in [3.8, 4) is 0 Å². The largest absolute Gasteiger partial charge is 0.380 e. The summed E-state index contributed by atoms with van der Waals surface area (Å²) < 4.78 is 5.49. The molecule has 0 atom stereocenters. The van der Waals surface area contributed by atoms with Crippen LogP contribution in [-0.2, 0) is 4.74 Å². The summed E-state index contributed by atoms with van der Waals surface area (Å²) in [6.07, 6.45) is 1.05. The van der Waals surface area contributed by atoms with Crippen LogP contribution in [0.4, 0.5) is 11.6 Å². The molecule has 1 fully saturated rings. The van der Waals surface area contributed by atoms with Gasteiger partial charge in [-0.3, -0.25) is 0 Å². The maximum Gasteiger partial charge on any atom is 0.137 e. The molecule has 1 aliphatic heterocycles. The third-order valence-electron chi connectivity index (χ3n) is 3.10. The SMILES string of the molecule is CCNc1nc(C)nc(N2CCCOCC2)c1C. The van der Waals surface area contributed by atoms with E-state index in [0.29, 0.717) is 0 Å². The smallest absolute Gasteiger partial charge is 0.137 e. The molecule has 0 unspecified atom stereocenters. The lowest BCUT2D eigenvalue weighted by Gasteiger charge is -2.24. The van der Waals surface area contributed by atoms with Crippen LogP contribution in [0.25, 0.3) is 0 Å². The third kappa shape index (κ3) is 2.90. The molecular formula is C13H22N4O. The van der Waals surface area contributed by atoms with Gasteiger partial charge in [-0.1, -0.05) is 0 Å². The fourth-order valence-electron chi connectivity index (χ4n) is 2.22. The van der Waals surface area contributed by atoms with Gasteiger partial charge in [0.15, 0.2) is 0 Å². The van der Waals surface area contributed by atoms with E-state index in [9.17, 15) is 0 Å². The number of anilines is 2. The average molecular weight is 250 g/mol. The van der Waals surface area contributed by atoms with Crippen LogP contribution in [0.3, 0.4) is 0 Å². The van der Waals surface area contributed by atoms with Gasteiger partial charge >= 0.3 is 0 Å². The number of hydrogen-bond acceptors (Lipinski definition) is 5. The van der Waals surface area contributed by atoms with E-state index in [1.54, 1.807) is 0 Å². The minimum Gasteiger partial charge on any atom is -0.380 e.